The van der Waals surface area contributed by atoms with Crippen molar-refractivity contribution in [1.82, 2.24) is 9.97 Å². The molecule has 0 radical (unpaired) electrons. The number of nitrogens with one attached hydrogen (secondary N) is 1. The number of anilines is 3. The first-order valence-corrected chi connectivity index (χ1v) is 11.8. The number of rotatable bonds is 11. The van der Waals surface area contributed by atoms with Gasteiger partial charge in [-0.05, 0) is 55.8 Å². The lowest BCUT2D eigenvalue weighted by Gasteiger charge is -2.31. The number of carbonyl (C=O) groups is 1. The van der Waals surface area contributed by atoms with Crippen LogP contribution in [0, 0.1) is 0 Å². The molecule has 3 aromatic rings. The highest BCUT2D eigenvalue weighted by atomic mass is 16.5. The Morgan fingerprint density at radius 1 is 1.11 bits per heavy atom. The van der Waals surface area contributed by atoms with Gasteiger partial charge in [0, 0.05) is 48.4 Å². The second kappa shape index (κ2) is 12.3. The van der Waals surface area contributed by atoms with Crippen molar-refractivity contribution in [3.05, 3.63) is 65.9 Å². The van der Waals surface area contributed by atoms with E-state index in [0.29, 0.717) is 44.6 Å². The third-order valence-electron chi connectivity index (χ3n) is 5.77. The molecular weight excluding hydrogens is 446 g/mol. The summed E-state index contributed by atoms with van der Waals surface area (Å²) in [7, 11) is 0. The molecule has 0 atom stereocenters. The number of hydrogen-bond donors (Lipinski definition) is 3. The van der Waals surface area contributed by atoms with E-state index in [1.807, 2.05) is 6.07 Å². The van der Waals surface area contributed by atoms with Crippen molar-refractivity contribution in [3.63, 3.8) is 0 Å². The van der Waals surface area contributed by atoms with Crippen LogP contribution in [-0.2, 0) is 16.1 Å². The van der Waals surface area contributed by atoms with E-state index in [1.54, 1.807) is 36.5 Å². The van der Waals surface area contributed by atoms with E-state index >= 15 is 0 Å². The van der Waals surface area contributed by atoms with Gasteiger partial charge in [-0.15, -0.1) is 0 Å². The molecule has 1 aromatic heterocycles. The first kappa shape index (κ1) is 24.6. The van der Waals surface area contributed by atoms with Crippen LogP contribution in [0.5, 0.6) is 0 Å². The predicted octanol–water partition coefficient (Wildman–Crippen LogP) is 3.68. The van der Waals surface area contributed by atoms with E-state index in [-0.39, 0.29) is 5.56 Å². The molecule has 1 aliphatic rings. The molecule has 0 amide bonds. The third kappa shape index (κ3) is 6.75. The summed E-state index contributed by atoms with van der Waals surface area (Å²) < 4.78 is 11.5. The van der Waals surface area contributed by atoms with Gasteiger partial charge in [0.2, 0.25) is 5.95 Å². The van der Waals surface area contributed by atoms with E-state index in [4.69, 9.17) is 20.3 Å². The van der Waals surface area contributed by atoms with Gasteiger partial charge in [0.1, 0.15) is 0 Å². The molecule has 4 N–H and O–H groups in total. The molecule has 1 aliphatic heterocycles. The summed E-state index contributed by atoms with van der Waals surface area (Å²) in [6.45, 7) is 4.96. The minimum absolute atomic E-state index is 0.235. The molecule has 9 nitrogen and oxygen atoms in total. The molecule has 1 fully saturated rings. The van der Waals surface area contributed by atoms with Crippen molar-refractivity contribution in [2.45, 2.75) is 19.4 Å². The summed E-state index contributed by atoms with van der Waals surface area (Å²) in [6.07, 6.45) is 3.57. The first-order chi connectivity index (χ1) is 17.1. The zero-order chi connectivity index (χ0) is 24.5. The van der Waals surface area contributed by atoms with Gasteiger partial charge in [-0.2, -0.15) is 0 Å². The van der Waals surface area contributed by atoms with Gasteiger partial charge in [-0.3, -0.25) is 0 Å². The van der Waals surface area contributed by atoms with Crippen molar-refractivity contribution in [3.8, 4) is 11.3 Å². The fraction of sp³-hybridized carbons (Fsp3) is 0.346. The molecule has 184 valence electrons. The molecule has 0 bridgehead atoms. The Morgan fingerprint density at radius 2 is 1.91 bits per heavy atom. The number of aromatic nitrogens is 2. The summed E-state index contributed by atoms with van der Waals surface area (Å²) in [5.41, 5.74) is 10.4. The monoisotopic (exact) mass is 477 g/mol. The van der Waals surface area contributed by atoms with Crippen molar-refractivity contribution in [2.75, 3.05) is 49.7 Å². The molecule has 4 rings (SSSR count). The van der Waals surface area contributed by atoms with Gasteiger partial charge in [-0.25, -0.2) is 14.8 Å². The number of carboxylic acid groups (broad SMARTS) is 1. The maximum absolute atomic E-state index is 11.1. The number of nitrogens with two attached hydrogens (primary N) is 1. The van der Waals surface area contributed by atoms with E-state index in [2.05, 4.69) is 32.3 Å². The first-order valence-electron chi connectivity index (χ1n) is 11.8. The van der Waals surface area contributed by atoms with Crippen LogP contribution in [0.3, 0.4) is 0 Å². The van der Waals surface area contributed by atoms with Crippen molar-refractivity contribution in [1.29, 1.82) is 0 Å². The Labute approximate surface area is 204 Å². The molecule has 35 heavy (non-hydrogen) atoms. The Hall–Kier alpha value is -3.53. The number of hydrogen-bond acceptors (Lipinski definition) is 8. The molecule has 9 heteroatoms. The van der Waals surface area contributed by atoms with Crippen molar-refractivity contribution < 1.29 is 19.4 Å². The third-order valence-corrected chi connectivity index (χ3v) is 5.77. The van der Waals surface area contributed by atoms with Gasteiger partial charge in [0.05, 0.1) is 31.1 Å². The number of unbranched alkanes of at least 4 members (excludes halogenated alkanes) is 1. The molecule has 0 unspecified atom stereocenters. The Bertz CT molecular complexity index is 1120. The quantitative estimate of drug-likeness (QED) is 0.355. The van der Waals surface area contributed by atoms with Gasteiger partial charge >= 0.3 is 5.97 Å². The van der Waals surface area contributed by atoms with Crippen LogP contribution in [-0.4, -0.2) is 60.5 Å². The van der Waals surface area contributed by atoms with E-state index < -0.39 is 5.97 Å². The van der Waals surface area contributed by atoms with Gasteiger partial charge < -0.3 is 30.5 Å². The summed E-state index contributed by atoms with van der Waals surface area (Å²) in [4.78, 5) is 22.4. The van der Waals surface area contributed by atoms with Gasteiger partial charge in [0.15, 0.2) is 0 Å². The average Bonchev–Trinajstić information content (AvgIpc) is 2.89. The molecule has 2 aromatic carbocycles. The topological polar surface area (TPSA) is 123 Å². The largest absolute Gasteiger partial charge is 0.478 e. The molecule has 0 saturated carbocycles. The highest BCUT2D eigenvalue weighted by Crippen LogP contribution is 2.28. The lowest BCUT2D eigenvalue weighted by Crippen LogP contribution is -2.36. The van der Waals surface area contributed by atoms with Gasteiger partial charge in [-0.1, -0.05) is 12.1 Å². The Morgan fingerprint density at radius 3 is 2.66 bits per heavy atom. The Kier molecular flexibility index (Phi) is 8.61. The fourth-order valence-corrected chi connectivity index (χ4v) is 3.91. The minimum Gasteiger partial charge on any atom is -0.478 e. The smallest absolute Gasteiger partial charge is 0.335 e. The second-order valence-corrected chi connectivity index (χ2v) is 8.26. The van der Waals surface area contributed by atoms with Crippen LogP contribution in [0.15, 0.2) is 54.7 Å². The van der Waals surface area contributed by atoms with E-state index in [1.165, 1.54) is 0 Å². The number of morpholine rings is 1. The summed E-state index contributed by atoms with van der Waals surface area (Å²) in [5, 5.41) is 12.4. The Balaban J connectivity index is 1.51. The molecule has 0 aliphatic carbocycles. The normalized spacial score (nSPS) is 13.6. The highest BCUT2D eigenvalue weighted by molar-refractivity contribution is 5.88. The molecular formula is C26H31N5O4. The van der Waals surface area contributed by atoms with Crippen LogP contribution >= 0.6 is 0 Å². The van der Waals surface area contributed by atoms with Gasteiger partial charge in [0.25, 0.3) is 0 Å². The zero-order valence-corrected chi connectivity index (χ0v) is 19.7. The molecule has 0 spiro atoms. The minimum atomic E-state index is -0.957. The van der Waals surface area contributed by atoms with Crippen LogP contribution in [0.1, 0.15) is 28.8 Å². The number of nitrogens with zero attached hydrogens (tertiary/aromatic N) is 3. The number of carboxylic acids is 1. The van der Waals surface area contributed by atoms with Crippen molar-refractivity contribution >= 4 is 23.3 Å². The number of aromatic carboxylic acids is 1. The lowest BCUT2D eigenvalue weighted by atomic mass is 10.1. The van der Waals surface area contributed by atoms with Crippen LogP contribution in [0.25, 0.3) is 11.3 Å². The summed E-state index contributed by atoms with van der Waals surface area (Å²) >= 11 is 0. The molecule has 1 saturated heterocycles. The fourth-order valence-electron chi connectivity index (χ4n) is 3.91. The lowest BCUT2D eigenvalue weighted by molar-refractivity contribution is 0.0697. The zero-order valence-electron chi connectivity index (χ0n) is 19.7. The second-order valence-electron chi connectivity index (χ2n) is 8.26. The standard InChI is InChI=1S/C26H31N5O4/c27-10-1-2-14-35-18-21-17-22(7-8-24(21)31-12-15-34-16-13-31)29-26-28-11-9-23(30-26)19-3-5-20(6-4-19)25(32)33/h3-9,11,17H,1-2,10,12-16,18,27H2,(H,32,33)(H,28,29,30). The average molecular weight is 478 g/mol. The maximum atomic E-state index is 11.1. The van der Waals surface area contributed by atoms with E-state index in [9.17, 15) is 4.79 Å². The maximum Gasteiger partial charge on any atom is 0.335 e. The highest BCUT2D eigenvalue weighted by Gasteiger charge is 2.16. The van der Waals surface area contributed by atoms with Crippen LogP contribution in [0.2, 0.25) is 0 Å². The number of ether oxygens (including phenoxy) is 2. The predicted molar refractivity (Wildman–Crippen MR) is 135 cm³/mol. The number of benzene rings is 2. The molecule has 2 heterocycles. The summed E-state index contributed by atoms with van der Waals surface area (Å²) in [5.74, 6) is -0.500. The van der Waals surface area contributed by atoms with Crippen LogP contribution < -0.4 is 16.0 Å². The summed E-state index contributed by atoms with van der Waals surface area (Å²) in [6, 6.07) is 14.6. The van der Waals surface area contributed by atoms with Crippen LogP contribution in [0.4, 0.5) is 17.3 Å². The SMILES string of the molecule is NCCCCOCc1cc(Nc2nccc(-c3ccc(C(=O)O)cc3)n2)ccc1N1CCOCC1. The van der Waals surface area contributed by atoms with E-state index in [0.717, 1.165) is 48.4 Å². The van der Waals surface area contributed by atoms with Crippen molar-refractivity contribution in [2.24, 2.45) is 5.73 Å².